The molecule has 0 bridgehead atoms. The number of hydrogen-bond acceptors (Lipinski definition) is 3. The molecule has 2 aromatic rings. The Morgan fingerprint density at radius 1 is 1.10 bits per heavy atom. The molecule has 0 saturated carbocycles. The molecule has 104 valence electrons. The summed E-state index contributed by atoms with van der Waals surface area (Å²) in [6, 6.07) is 14.1. The number of ether oxygens (including phenoxy) is 1. The van der Waals surface area contributed by atoms with Crippen LogP contribution in [0.4, 0.5) is 5.69 Å². The Morgan fingerprint density at radius 3 is 2.45 bits per heavy atom. The second-order valence-electron chi connectivity index (χ2n) is 4.26. The number of halogens is 1. The van der Waals surface area contributed by atoms with Crippen molar-refractivity contribution >= 4 is 17.3 Å². The lowest BCUT2D eigenvalue weighted by molar-refractivity contribution is -0.384. The Hall–Kier alpha value is -2.07. The summed E-state index contributed by atoms with van der Waals surface area (Å²) < 4.78 is 5.69. The van der Waals surface area contributed by atoms with Gasteiger partial charge in [-0.25, -0.2) is 0 Å². The van der Waals surface area contributed by atoms with Crippen molar-refractivity contribution in [2.24, 2.45) is 0 Å². The fraction of sp³-hybridized carbons (Fsp3) is 0.200. The van der Waals surface area contributed by atoms with Crippen LogP contribution in [0.3, 0.4) is 0 Å². The Morgan fingerprint density at radius 2 is 1.80 bits per heavy atom. The standard InChI is InChI=1S/C15H14ClNO3/c16-11-13-3-1-2-4-15(13)20-10-9-12-5-7-14(8-6-12)17(18)19/h1-8H,9-11H2. The average Bonchev–Trinajstić information content (AvgIpc) is 2.48. The third-order valence-corrected chi connectivity index (χ3v) is 3.20. The van der Waals surface area contributed by atoms with Crippen molar-refractivity contribution in [3.63, 3.8) is 0 Å². The maximum atomic E-state index is 10.6. The molecule has 0 aromatic heterocycles. The lowest BCUT2D eigenvalue weighted by Gasteiger charge is -2.09. The minimum Gasteiger partial charge on any atom is -0.493 e. The zero-order valence-electron chi connectivity index (χ0n) is 10.8. The molecule has 0 aliphatic rings. The number of alkyl halides is 1. The summed E-state index contributed by atoms with van der Waals surface area (Å²) >= 11 is 5.83. The monoisotopic (exact) mass is 291 g/mol. The van der Waals surface area contributed by atoms with E-state index in [0.29, 0.717) is 18.9 Å². The summed E-state index contributed by atoms with van der Waals surface area (Å²) in [5.41, 5.74) is 2.05. The number of nitro benzene ring substituents is 1. The lowest BCUT2D eigenvalue weighted by atomic mass is 10.1. The molecule has 0 spiro atoms. The summed E-state index contributed by atoms with van der Waals surface area (Å²) in [5.74, 6) is 1.19. The fourth-order valence-corrected chi connectivity index (χ4v) is 2.04. The number of nitro groups is 1. The first kappa shape index (κ1) is 14.3. The Bertz CT molecular complexity index is 584. The van der Waals surface area contributed by atoms with E-state index in [1.165, 1.54) is 12.1 Å². The summed E-state index contributed by atoms with van der Waals surface area (Å²) in [7, 11) is 0. The molecule has 5 heteroatoms. The number of benzene rings is 2. The van der Waals surface area contributed by atoms with Gasteiger partial charge in [-0.2, -0.15) is 0 Å². The van der Waals surface area contributed by atoms with E-state index in [1.54, 1.807) is 12.1 Å². The minimum absolute atomic E-state index is 0.0992. The maximum absolute atomic E-state index is 10.6. The van der Waals surface area contributed by atoms with Crippen molar-refractivity contribution in [2.75, 3.05) is 6.61 Å². The van der Waals surface area contributed by atoms with Gasteiger partial charge in [0.05, 0.1) is 17.4 Å². The van der Waals surface area contributed by atoms with Crippen LogP contribution >= 0.6 is 11.6 Å². The van der Waals surface area contributed by atoms with E-state index >= 15 is 0 Å². The van der Waals surface area contributed by atoms with Gasteiger partial charge in [0, 0.05) is 24.1 Å². The van der Waals surface area contributed by atoms with Crippen LogP contribution in [0.15, 0.2) is 48.5 Å². The number of rotatable bonds is 6. The van der Waals surface area contributed by atoms with E-state index in [0.717, 1.165) is 16.9 Å². The van der Waals surface area contributed by atoms with Crippen LogP contribution in [-0.2, 0) is 12.3 Å². The van der Waals surface area contributed by atoms with E-state index in [2.05, 4.69) is 0 Å². The third kappa shape index (κ3) is 3.71. The molecular formula is C15H14ClNO3. The lowest BCUT2D eigenvalue weighted by Crippen LogP contribution is -2.03. The molecule has 0 saturated heterocycles. The highest BCUT2D eigenvalue weighted by Crippen LogP contribution is 2.20. The molecule has 0 amide bonds. The predicted molar refractivity (Wildman–Crippen MR) is 78.3 cm³/mol. The van der Waals surface area contributed by atoms with Gasteiger partial charge >= 0.3 is 0 Å². The van der Waals surface area contributed by atoms with Gasteiger partial charge in [0.25, 0.3) is 5.69 Å². The Labute approximate surface area is 122 Å². The van der Waals surface area contributed by atoms with E-state index < -0.39 is 4.92 Å². The Kier molecular flexibility index (Phi) is 4.96. The van der Waals surface area contributed by atoms with Crippen molar-refractivity contribution in [3.05, 3.63) is 69.8 Å². The molecule has 4 nitrogen and oxygen atoms in total. The van der Waals surface area contributed by atoms with Crippen LogP contribution in [0.1, 0.15) is 11.1 Å². The zero-order valence-corrected chi connectivity index (χ0v) is 11.5. The topological polar surface area (TPSA) is 52.4 Å². The van der Waals surface area contributed by atoms with Crippen molar-refractivity contribution in [1.82, 2.24) is 0 Å². The largest absolute Gasteiger partial charge is 0.493 e. The average molecular weight is 292 g/mol. The van der Waals surface area contributed by atoms with E-state index in [9.17, 15) is 10.1 Å². The highest BCUT2D eigenvalue weighted by Gasteiger charge is 2.05. The number of nitrogens with zero attached hydrogens (tertiary/aromatic N) is 1. The molecule has 0 atom stereocenters. The van der Waals surface area contributed by atoms with Crippen molar-refractivity contribution in [3.8, 4) is 5.75 Å². The van der Waals surface area contributed by atoms with Gasteiger partial charge in [-0.15, -0.1) is 11.6 Å². The molecule has 0 aliphatic heterocycles. The molecule has 0 unspecified atom stereocenters. The van der Waals surface area contributed by atoms with Crippen LogP contribution in [0, 0.1) is 10.1 Å². The molecule has 0 heterocycles. The summed E-state index contributed by atoms with van der Waals surface area (Å²) in [6.45, 7) is 0.506. The SMILES string of the molecule is O=[N+]([O-])c1ccc(CCOc2ccccc2CCl)cc1. The van der Waals surface area contributed by atoms with E-state index in [-0.39, 0.29) is 5.69 Å². The zero-order chi connectivity index (χ0) is 14.4. The third-order valence-electron chi connectivity index (χ3n) is 2.91. The van der Waals surface area contributed by atoms with Crippen LogP contribution in [0.5, 0.6) is 5.75 Å². The molecule has 2 rings (SSSR count). The highest BCUT2D eigenvalue weighted by atomic mass is 35.5. The molecule has 0 aliphatic carbocycles. The quantitative estimate of drug-likeness (QED) is 0.460. The minimum atomic E-state index is -0.406. The van der Waals surface area contributed by atoms with E-state index in [4.69, 9.17) is 16.3 Å². The highest BCUT2D eigenvalue weighted by molar-refractivity contribution is 6.17. The van der Waals surface area contributed by atoms with Crippen molar-refractivity contribution in [2.45, 2.75) is 12.3 Å². The van der Waals surface area contributed by atoms with Crippen LogP contribution < -0.4 is 4.74 Å². The summed E-state index contributed by atoms with van der Waals surface area (Å²) in [5, 5.41) is 10.6. The van der Waals surface area contributed by atoms with Gasteiger partial charge in [0.1, 0.15) is 5.75 Å². The van der Waals surface area contributed by atoms with Crippen LogP contribution in [0.2, 0.25) is 0 Å². The predicted octanol–water partition coefficient (Wildman–Crippen LogP) is 3.96. The first-order valence-electron chi connectivity index (χ1n) is 6.20. The Balaban J connectivity index is 1.91. The number of para-hydroxylation sites is 1. The molecule has 0 fully saturated rings. The molecule has 0 N–H and O–H groups in total. The molecule has 20 heavy (non-hydrogen) atoms. The van der Waals surface area contributed by atoms with Gasteiger partial charge in [-0.3, -0.25) is 10.1 Å². The summed E-state index contributed by atoms with van der Waals surface area (Å²) in [6.07, 6.45) is 0.689. The van der Waals surface area contributed by atoms with Crippen LogP contribution in [-0.4, -0.2) is 11.5 Å². The van der Waals surface area contributed by atoms with Gasteiger partial charge in [0.15, 0.2) is 0 Å². The van der Waals surface area contributed by atoms with Crippen molar-refractivity contribution < 1.29 is 9.66 Å². The number of non-ortho nitro benzene ring substituents is 1. The van der Waals surface area contributed by atoms with Gasteiger partial charge < -0.3 is 4.74 Å². The first-order valence-corrected chi connectivity index (χ1v) is 6.74. The van der Waals surface area contributed by atoms with Crippen molar-refractivity contribution in [1.29, 1.82) is 0 Å². The van der Waals surface area contributed by atoms with Gasteiger partial charge in [0.2, 0.25) is 0 Å². The molecular weight excluding hydrogens is 278 g/mol. The normalized spacial score (nSPS) is 10.2. The smallest absolute Gasteiger partial charge is 0.269 e. The first-order chi connectivity index (χ1) is 9.70. The molecule has 0 radical (unpaired) electrons. The van der Waals surface area contributed by atoms with Gasteiger partial charge in [-0.1, -0.05) is 30.3 Å². The second-order valence-corrected chi connectivity index (χ2v) is 4.53. The maximum Gasteiger partial charge on any atom is 0.269 e. The number of hydrogen-bond donors (Lipinski definition) is 0. The van der Waals surface area contributed by atoms with Gasteiger partial charge in [-0.05, 0) is 11.6 Å². The molecule has 2 aromatic carbocycles. The fourth-order valence-electron chi connectivity index (χ4n) is 1.82. The summed E-state index contributed by atoms with van der Waals surface area (Å²) in [4.78, 5) is 10.1. The van der Waals surface area contributed by atoms with E-state index in [1.807, 2.05) is 24.3 Å². The second kappa shape index (κ2) is 6.91. The van der Waals surface area contributed by atoms with Crippen LogP contribution in [0.25, 0.3) is 0 Å².